The Hall–Kier alpha value is -1.02. The van der Waals surface area contributed by atoms with E-state index in [0.29, 0.717) is 6.04 Å². The Kier molecular flexibility index (Phi) is 3.83. The van der Waals surface area contributed by atoms with Crippen LogP contribution in [0.4, 0.5) is 0 Å². The number of hydrogen-bond acceptors (Lipinski definition) is 2. The van der Waals surface area contributed by atoms with E-state index in [1.807, 2.05) is 12.1 Å². The first-order valence-electron chi connectivity index (χ1n) is 6.16. The van der Waals surface area contributed by atoms with Crippen LogP contribution in [0, 0.1) is 5.92 Å². The molecule has 16 heavy (non-hydrogen) atoms. The number of hydrogen-bond donors (Lipinski definition) is 1. The zero-order valence-corrected chi connectivity index (χ0v) is 10.2. The summed E-state index contributed by atoms with van der Waals surface area (Å²) in [5, 5.41) is 3.57. The SMILES string of the molecule is COc1ccc(C[C@H](C)[C@@H]2CCCN2)cc1. The smallest absolute Gasteiger partial charge is 0.118 e. The molecule has 0 saturated carbocycles. The van der Waals surface area contributed by atoms with E-state index >= 15 is 0 Å². The topological polar surface area (TPSA) is 21.3 Å². The molecular weight excluding hydrogens is 198 g/mol. The number of rotatable bonds is 4. The lowest BCUT2D eigenvalue weighted by Gasteiger charge is -2.19. The zero-order valence-electron chi connectivity index (χ0n) is 10.2. The average Bonchev–Trinajstić information content (AvgIpc) is 2.83. The normalized spacial score (nSPS) is 22.0. The Morgan fingerprint density at radius 1 is 1.38 bits per heavy atom. The van der Waals surface area contributed by atoms with Crippen LogP contribution >= 0.6 is 0 Å². The average molecular weight is 219 g/mol. The van der Waals surface area contributed by atoms with E-state index in [9.17, 15) is 0 Å². The highest BCUT2D eigenvalue weighted by atomic mass is 16.5. The largest absolute Gasteiger partial charge is 0.497 e. The van der Waals surface area contributed by atoms with Crippen LogP contribution in [0.2, 0.25) is 0 Å². The number of methoxy groups -OCH3 is 1. The van der Waals surface area contributed by atoms with Gasteiger partial charge in [-0.25, -0.2) is 0 Å². The number of benzene rings is 1. The fourth-order valence-electron chi connectivity index (χ4n) is 2.47. The first-order chi connectivity index (χ1) is 7.79. The van der Waals surface area contributed by atoms with Gasteiger partial charge in [0.15, 0.2) is 0 Å². The van der Waals surface area contributed by atoms with E-state index in [-0.39, 0.29) is 0 Å². The van der Waals surface area contributed by atoms with Crippen molar-refractivity contribution in [2.45, 2.75) is 32.2 Å². The predicted molar refractivity (Wildman–Crippen MR) is 66.9 cm³/mol. The molecule has 2 atom stereocenters. The quantitative estimate of drug-likeness (QED) is 0.840. The summed E-state index contributed by atoms with van der Waals surface area (Å²) < 4.78 is 5.16. The minimum Gasteiger partial charge on any atom is -0.497 e. The van der Waals surface area contributed by atoms with Crippen LogP contribution in [0.25, 0.3) is 0 Å². The van der Waals surface area contributed by atoms with Gasteiger partial charge in [0.05, 0.1) is 7.11 Å². The van der Waals surface area contributed by atoms with Crippen molar-refractivity contribution in [3.05, 3.63) is 29.8 Å². The van der Waals surface area contributed by atoms with Gasteiger partial charge in [-0.05, 0) is 49.4 Å². The summed E-state index contributed by atoms with van der Waals surface area (Å²) >= 11 is 0. The molecule has 0 spiro atoms. The molecule has 2 heteroatoms. The summed E-state index contributed by atoms with van der Waals surface area (Å²) in [6, 6.07) is 9.14. The van der Waals surface area contributed by atoms with Gasteiger partial charge in [0.2, 0.25) is 0 Å². The third-order valence-electron chi connectivity index (χ3n) is 3.50. The Morgan fingerprint density at radius 2 is 2.12 bits per heavy atom. The van der Waals surface area contributed by atoms with E-state index in [1.54, 1.807) is 7.11 Å². The van der Waals surface area contributed by atoms with E-state index in [1.165, 1.54) is 24.9 Å². The lowest BCUT2D eigenvalue weighted by atomic mass is 9.93. The van der Waals surface area contributed by atoms with Crippen LogP contribution in [0.5, 0.6) is 5.75 Å². The highest BCUT2D eigenvalue weighted by Gasteiger charge is 2.20. The maximum absolute atomic E-state index is 5.16. The van der Waals surface area contributed by atoms with Gasteiger partial charge in [0.25, 0.3) is 0 Å². The number of ether oxygens (including phenoxy) is 1. The Labute approximate surface area is 98.0 Å². The van der Waals surface area contributed by atoms with Gasteiger partial charge in [-0.1, -0.05) is 19.1 Å². The minimum absolute atomic E-state index is 0.710. The van der Waals surface area contributed by atoms with Crippen molar-refractivity contribution in [3.63, 3.8) is 0 Å². The van der Waals surface area contributed by atoms with Crippen molar-refractivity contribution in [2.24, 2.45) is 5.92 Å². The highest BCUT2D eigenvalue weighted by molar-refractivity contribution is 5.27. The molecule has 1 N–H and O–H groups in total. The third-order valence-corrected chi connectivity index (χ3v) is 3.50. The Morgan fingerprint density at radius 3 is 2.69 bits per heavy atom. The van der Waals surface area contributed by atoms with Crippen LogP contribution < -0.4 is 10.1 Å². The first kappa shape index (κ1) is 11.5. The molecule has 0 aliphatic carbocycles. The van der Waals surface area contributed by atoms with Gasteiger partial charge in [-0.3, -0.25) is 0 Å². The second kappa shape index (κ2) is 5.35. The predicted octanol–water partition coefficient (Wildman–Crippen LogP) is 2.63. The summed E-state index contributed by atoms with van der Waals surface area (Å²) in [6.07, 6.45) is 3.82. The van der Waals surface area contributed by atoms with Crippen LogP contribution in [0.3, 0.4) is 0 Å². The molecule has 0 unspecified atom stereocenters. The van der Waals surface area contributed by atoms with Gasteiger partial charge >= 0.3 is 0 Å². The van der Waals surface area contributed by atoms with E-state index in [4.69, 9.17) is 4.74 Å². The summed E-state index contributed by atoms with van der Waals surface area (Å²) in [5.74, 6) is 1.66. The lowest BCUT2D eigenvalue weighted by Crippen LogP contribution is -2.29. The third kappa shape index (κ3) is 2.76. The molecular formula is C14H21NO. The van der Waals surface area contributed by atoms with Gasteiger partial charge < -0.3 is 10.1 Å². The summed E-state index contributed by atoms with van der Waals surface area (Å²) in [4.78, 5) is 0. The molecule has 0 amide bonds. The highest BCUT2D eigenvalue weighted by Crippen LogP contribution is 2.20. The molecule has 0 bridgehead atoms. The van der Waals surface area contributed by atoms with Crippen molar-refractivity contribution in [1.29, 1.82) is 0 Å². The summed E-state index contributed by atoms with van der Waals surface area (Å²) in [6.45, 7) is 3.53. The van der Waals surface area contributed by atoms with Crippen molar-refractivity contribution in [2.75, 3.05) is 13.7 Å². The van der Waals surface area contributed by atoms with Crippen molar-refractivity contribution in [3.8, 4) is 5.75 Å². The molecule has 0 aromatic heterocycles. The molecule has 1 aliphatic heterocycles. The molecule has 1 aromatic carbocycles. The Bertz CT molecular complexity index is 314. The van der Waals surface area contributed by atoms with Crippen molar-refractivity contribution in [1.82, 2.24) is 5.32 Å². The molecule has 0 radical (unpaired) electrons. The van der Waals surface area contributed by atoms with Crippen molar-refractivity contribution >= 4 is 0 Å². The maximum Gasteiger partial charge on any atom is 0.118 e. The van der Waals surface area contributed by atoms with Crippen LogP contribution in [-0.2, 0) is 6.42 Å². The molecule has 1 saturated heterocycles. The molecule has 1 aromatic rings. The maximum atomic E-state index is 5.16. The van der Waals surface area contributed by atoms with Gasteiger partial charge in [-0.2, -0.15) is 0 Å². The zero-order chi connectivity index (χ0) is 11.4. The second-order valence-corrected chi connectivity index (χ2v) is 4.73. The number of nitrogens with one attached hydrogen (secondary N) is 1. The van der Waals surface area contributed by atoms with E-state index < -0.39 is 0 Å². The fourth-order valence-corrected chi connectivity index (χ4v) is 2.47. The fraction of sp³-hybridized carbons (Fsp3) is 0.571. The molecule has 2 nitrogen and oxygen atoms in total. The molecule has 1 aliphatic rings. The summed E-state index contributed by atoms with van der Waals surface area (Å²) in [5.41, 5.74) is 1.40. The molecule has 1 fully saturated rings. The Balaban J connectivity index is 1.92. The molecule has 2 rings (SSSR count). The van der Waals surface area contributed by atoms with E-state index in [0.717, 1.165) is 18.1 Å². The molecule has 1 heterocycles. The van der Waals surface area contributed by atoms with Crippen LogP contribution in [0.15, 0.2) is 24.3 Å². The van der Waals surface area contributed by atoms with Gasteiger partial charge in [0.1, 0.15) is 5.75 Å². The van der Waals surface area contributed by atoms with Gasteiger partial charge in [-0.15, -0.1) is 0 Å². The van der Waals surface area contributed by atoms with E-state index in [2.05, 4.69) is 24.4 Å². The monoisotopic (exact) mass is 219 g/mol. The van der Waals surface area contributed by atoms with Crippen molar-refractivity contribution < 1.29 is 4.74 Å². The standard InChI is InChI=1S/C14H21NO/c1-11(14-4-3-9-15-14)10-12-5-7-13(16-2)8-6-12/h5-8,11,14-15H,3-4,9-10H2,1-2H3/t11-,14-/m0/s1. The van der Waals surface area contributed by atoms with Crippen LogP contribution in [0.1, 0.15) is 25.3 Å². The lowest BCUT2D eigenvalue weighted by molar-refractivity contribution is 0.411. The first-order valence-corrected chi connectivity index (χ1v) is 6.16. The van der Waals surface area contributed by atoms with Gasteiger partial charge in [0, 0.05) is 6.04 Å². The minimum atomic E-state index is 0.710. The van der Waals surface area contributed by atoms with Crippen LogP contribution in [-0.4, -0.2) is 19.7 Å². The summed E-state index contributed by atoms with van der Waals surface area (Å²) in [7, 11) is 1.71. The second-order valence-electron chi connectivity index (χ2n) is 4.73. The molecule has 88 valence electrons.